The number of nitrogens with zero attached hydrogens (tertiary/aromatic N) is 3. The molecule has 0 fully saturated rings. The van der Waals surface area contributed by atoms with E-state index in [0.717, 1.165) is 23.7 Å². The van der Waals surface area contributed by atoms with Gasteiger partial charge in [0.1, 0.15) is 5.82 Å². The van der Waals surface area contributed by atoms with E-state index < -0.39 is 5.91 Å². The van der Waals surface area contributed by atoms with Crippen molar-refractivity contribution in [1.82, 2.24) is 15.2 Å². The van der Waals surface area contributed by atoms with Crippen LogP contribution in [0.1, 0.15) is 21.2 Å². The van der Waals surface area contributed by atoms with Crippen molar-refractivity contribution >= 4 is 23.1 Å². The zero-order valence-corrected chi connectivity index (χ0v) is 10.7. The molecule has 18 heavy (non-hydrogen) atoms. The molecule has 0 aliphatic carbocycles. The number of carbonyl (C=O) groups is 1. The van der Waals surface area contributed by atoms with Gasteiger partial charge >= 0.3 is 0 Å². The van der Waals surface area contributed by atoms with Crippen LogP contribution in [0.2, 0.25) is 0 Å². The van der Waals surface area contributed by atoms with Crippen LogP contribution in [0, 0.1) is 6.92 Å². The van der Waals surface area contributed by atoms with E-state index >= 15 is 0 Å². The minimum atomic E-state index is -0.577. The monoisotopic (exact) mass is 263 g/mol. The number of primary amides is 1. The van der Waals surface area contributed by atoms with Gasteiger partial charge in [-0.3, -0.25) is 4.79 Å². The molecule has 0 saturated heterocycles. The summed E-state index contributed by atoms with van der Waals surface area (Å²) in [5, 5.41) is 13.8. The molecule has 2 heterocycles. The molecule has 0 atom stereocenters. The molecule has 0 spiro atoms. The molecule has 6 nitrogen and oxygen atoms in total. The molecule has 0 aliphatic heterocycles. The van der Waals surface area contributed by atoms with Crippen molar-refractivity contribution in [2.45, 2.75) is 13.3 Å². The summed E-state index contributed by atoms with van der Waals surface area (Å²) in [4.78, 5) is 15.2. The van der Waals surface area contributed by atoms with Crippen molar-refractivity contribution in [3.8, 4) is 0 Å². The normalized spacial score (nSPS) is 10.3. The number of nitrogens with one attached hydrogen (secondary N) is 1. The molecular formula is C11H13N5OS. The third-order valence-corrected chi connectivity index (χ3v) is 3.26. The van der Waals surface area contributed by atoms with Gasteiger partial charge in [0.2, 0.25) is 0 Å². The quantitative estimate of drug-likeness (QED) is 0.839. The number of rotatable bonds is 5. The molecule has 7 heteroatoms. The molecule has 94 valence electrons. The van der Waals surface area contributed by atoms with Crippen LogP contribution in [0.25, 0.3) is 0 Å². The predicted octanol–water partition coefficient (Wildman–Crippen LogP) is 0.995. The minimum Gasteiger partial charge on any atom is -0.368 e. The zero-order chi connectivity index (χ0) is 13.0. The third kappa shape index (κ3) is 3.24. The maximum atomic E-state index is 10.8. The molecule has 0 bridgehead atoms. The van der Waals surface area contributed by atoms with E-state index in [-0.39, 0.29) is 5.69 Å². The number of hydrogen-bond acceptors (Lipinski definition) is 6. The maximum absolute atomic E-state index is 10.8. The molecule has 3 N–H and O–H groups in total. The zero-order valence-electron chi connectivity index (χ0n) is 9.88. The second-order valence-electron chi connectivity index (χ2n) is 3.73. The Labute approximate surface area is 108 Å². The number of anilines is 1. The highest BCUT2D eigenvalue weighted by atomic mass is 32.1. The summed E-state index contributed by atoms with van der Waals surface area (Å²) in [5.74, 6) is 0.0422. The number of aromatic nitrogens is 3. The van der Waals surface area contributed by atoms with Crippen molar-refractivity contribution in [3.63, 3.8) is 0 Å². The number of nitrogens with two attached hydrogens (primary N) is 1. The largest absolute Gasteiger partial charge is 0.368 e. The lowest BCUT2D eigenvalue weighted by molar-refractivity contribution is 0.0994. The molecular weight excluding hydrogens is 250 g/mol. The molecule has 0 unspecified atom stereocenters. The average molecular weight is 263 g/mol. The van der Waals surface area contributed by atoms with Gasteiger partial charge in [-0.1, -0.05) is 0 Å². The fourth-order valence-electron chi connectivity index (χ4n) is 1.37. The van der Waals surface area contributed by atoms with Crippen LogP contribution < -0.4 is 11.1 Å². The number of thiazole rings is 1. The van der Waals surface area contributed by atoms with Crippen molar-refractivity contribution in [1.29, 1.82) is 0 Å². The summed E-state index contributed by atoms with van der Waals surface area (Å²) in [6.45, 7) is 2.69. The highest BCUT2D eigenvalue weighted by molar-refractivity contribution is 7.09. The van der Waals surface area contributed by atoms with Crippen molar-refractivity contribution in [2.75, 3.05) is 11.9 Å². The van der Waals surface area contributed by atoms with Crippen molar-refractivity contribution in [3.05, 3.63) is 33.9 Å². The fraction of sp³-hybridized carbons (Fsp3) is 0.273. The van der Waals surface area contributed by atoms with Gasteiger partial charge in [0.05, 0.1) is 5.01 Å². The number of aryl methyl sites for hydroxylation is 1. The van der Waals surface area contributed by atoms with Crippen LogP contribution in [0.15, 0.2) is 17.5 Å². The summed E-state index contributed by atoms with van der Waals surface area (Å²) in [5.41, 5.74) is 6.28. The Morgan fingerprint density at radius 3 is 2.83 bits per heavy atom. The summed E-state index contributed by atoms with van der Waals surface area (Å²) in [7, 11) is 0. The second-order valence-corrected chi connectivity index (χ2v) is 4.67. The Hall–Kier alpha value is -2.02. The summed E-state index contributed by atoms with van der Waals surface area (Å²) in [6, 6.07) is 3.23. The number of amides is 1. The second kappa shape index (κ2) is 5.54. The lowest BCUT2D eigenvalue weighted by Gasteiger charge is -2.03. The SMILES string of the molecule is Cc1csc(CCNc2ccc(C(N)=O)nn2)n1. The first-order chi connectivity index (χ1) is 8.65. The molecule has 0 aliphatic rings. The van der Waals surface area contributed by atoms with E-state index in [1.165, 1.54) is 0 Å². The van der Waals surface area contributed by atoms with Crippen molar-refractivity contribution in [2.24, 2.45) is 5.73 Å². The topological polar surface area (TPSA) is 93.8 Å². The standard InChI is InChI=1S/C11H13N5OS/c1-7-6-18-10(14-7)4-5-13-9-3-2-8(11(12)17)15-16-9/h2-3,6H,4-5H2,1H3,(H2,12,17)(H,13,16). The molecule has 2 aromatic heterocycles. The highest BCUT2D eigenvalue weighted by Crippen LogP contribution is 2.09. The summed E-state index contributed by atoms with van der Waals surface area (Å²) in [6.07, 6.45) is 0.831. The lowest BCUT2D eigenvalue weighted by Crippen LogP contribution is -2.14. The minimum absolute atomic E-state index is 0.163. The number of carbonyl (C=O) groups excluding carboxylic acids is 1. The molecule has 1 amide bonds. The van der Waals surface area contributed by atoms with Crippen LogP contribution in [-0.4, -0.2) is 27.6 Å². The lowest BCUT2D eigenvalue weighted by atomic mass is 10.3. The van der Waals surface area contributed by atoms with Gasteiger partial charge in [-0.25, -0.2) is 4.98 Å². The fourth-order valence-corrected chi connectivity index (χ4v) is 2.15. The van der Waals surface area contributed by atoms with Crippen LogP contribution in [0.4, 0.5) is 5.82 Å². The molecule has 2 aromatic rings. The Morgan fingerprint density at radius 2 is 2.28 bits per heavy atom. The van der Waals surface area contributed by atoms with E-state index in [4.69, 9.17) is 5.73 Å². The van der Waals surface area contributed by atoms with E-state index in [9.17, 15) is 4.79 Å². The van der Waals surface area contributed by atoms with Crippen LogP contribution in [-0.2, 0) is 6.42 Å². The number of hydrogen-bond donors (Lipinski definition) is 2. The van der Waals surface area contributed by atoms with E-state index in [2.05, 4.69) is 20.5 Å². The highest BCUT2D eigenvalue weighted by Gasteiger charge is 2.03. The van der Waals surface area contributed by atoms with E-state index in [0.29, 0.717) is 5.82 Å². The average Bonchev–Trinajstić information content (AvgIpc) is 2.76. The third-order valence-electron chi connectivity index (χ3n) is 2.23. The van der Waals surface area contributed by atoms with Gasteiger partial charge in [-0.05, 0) is 19.1 Å². The molecule has 0 saturated carbocycles. The van der Waals surface area contributed by atoms with Crippen LogP contribution in [0.3, 0.4) is 0 Å². The van der Waals surface area contributed by atoms with Gasteiger partial charge in [0, 0.05) is 24.0 Å². The van der Waals surface area contributed by atoms with E-state index in [1.807, 2.05) is 12.3 Å². The van der Waals surface area contributed by atoms with Crippen LogP contribution in [0.5, 0.6) is 0 Å². The first kappa shape index (κ1) is 12.4. The first-order valence-corrected chi connectivity index (χ1v) is 6.31. The van der Waals surface area contributed by atoms with Gasteiger partial charge < -0.3 is 11.1 Å². The smallest absolute Gasteiger partial charge is 0.269 e. The van der Waals surface area contributed by atoms with Gasteiger partial charge in [-0.15, -0.1) is 21.5 Å². The predicted molar refractivity (Wildman–Crippen MR) is 69.6 cm³/mol. The first-order valence-electron chi connectivity index (χ1n) is 5.43. The summed E-state index contributed by atoms with van der Waals surface area (Å²) >= 11 is 1.64. The van der Waals surface area contributed by atoms with E-state index in [1.54, 1.807) is 23.5 Å². The maximum Gasteiger partial charge on any atom is 0.269 e. The van der Waals surface area contributed by atoms with Crippen LogP contribution >= 0.6 is 11.3 Å². The molecule has 0 radical (unpaired) electrons. The summed E-state index contributed by atoms with van der Waals surface area (Å²) < 4.78 is 0. The van der Waals surface area contributed by atoms with Gasteiger partial charge in [0.25, 0.3) is 5.91 Å². The molecule has 0 aromatic carbocycles. The van der Waals surface area contributed by atoms with Gasteiger partial charge in [0.15, 0.2) is 5.69 Å². The van der Waals surface area contributed by atoms with Crippen molar-refractivity contribution < 1.29 is 4.79 Å². The molecule has 2 rings (SSSR count). The Bertz CT molecular complexity index is 537. The van der Waals surface area contributed by atoms with Gasteiger partial charge in [-0.2, -0.15) is 0 Å². The Morgan fingerprint density at radius 1 is 1.44 bits per heavy atom. The Balaban J connectivity index is 1.85. The Kier molecular flexibility index (Phi) is 3.83.